The lowest BCUT2D eigenvalue weighted by Crippen LogP contribution is -2.38. The molecule has 0 saturated carbocycles. The predicted octanol–water partition coefficient (Wildman–Crippen LogP) is 0.379. The van der Waals surface area contributed by atoms with Crippen LogP contribution in [0.25, 0.3) is 5.65 Å². The van der Waals surface area contributed by atoms with Gasteiger partial charge in [0.05, 0.1) is 18.0 Å². The van der Waals surface area contributed by atoms with E-state index in [4.69, 9.17) is 4.98 Å². The maximum absolute atomic E-state index is 9.76. The Kier molecular flexibility index (Phi) is 3.27. The number of anilines is 1. The number of hydrogen-bond donors (Lipinski definition) is 2. The molecule has 2 aliphatic heterocycles. The van der Waals surface area contributed by atoms with E-state index in [2.05, 4.69) is 15.3 Å². The summed E-state index contributed by atoms with van der Waals surface area (Å²) >= 11 is 0. The van der Waals surface area contributed by atoms with Crippen molar-refractivity contribution in [3.8, 4) is 0 Å². The summed E-state index contributed by atoms with van der Waals surface area (Å²) in [5.41, 5.74) is 3.46. The lowest BCUT2D eigenvalue weighted by Gasteiger charge is -2.33. The minimum absolute atomic E-state index is 0.156. The van der Waals surface area contributed by atoms with Crippen LogP contribution in [0.15, 0.2) is 12.3 Å². The summed E-state index contributed by atoms with van der Waals surface area (Å²) in [5.74, 6) is 1.19. The van der Waals surface area contributed by atoms with E-state index in [0.29, 0.717) is 0 Å². The van der Waals surface area contributed by atoms with Crippen LogP contribution in [0.5, 0.6) is 0 Å². The van der Waals surface area contributed by atoms with Crippen molar-refractivity contribution in [2.24, 2.45) is 0 Å². The summed E-state index contributed by atoms with van der Waals surface area (Å²) in [7, 11) is 0. The van der Waals surface area contributed by atoms with Crippen LogP contribution in [0.1, 0.15) is 24.1 Å². The highest BCUT2D eigenvalue weighted by Crippen LogP contribution is 2.28. The van der Waals surface area contributed by atoms with E-state index in [9.17, 15) is 5.11 Å². The summed E-state index contributed by atoms with van der Waals surface area (Å²) in [5, 5.41) is 17.7. The number of piperidine rings is 1. The molecule has 0 amide bonds. The van der Waals surface area contributed by atoms with Crippen molar-refractivity contribution in [3.05, 3.63) is 23.5 Å². The second-order valence-electron chi connectivity index (χ2n) is 5.93. The molecule has 1 fully saturated rings. The Morgan fingerprint density at radius 2 is 2.00 bits per heavy atom. The summed E-state index contributed by atoms with van der Waals surface area (Å²) in [6, 6.07) is 1.97. The third kappa shape index (κ3) is 2.28. The van der Waals surface area contributed by atoms with Gasteiger partial charge in [0.2, 0.25) is 0 Å². The molecule has 4 heterocycles. The van der Waals surface area contributed by atoms with Crippen LogP contribution in [0.3, 0.4) is 0 Å². The van der Waals surface area contributed by atoms with Crippen molar-refractivity contribution in [2.45, 2.75) is 31.8 Å². The first-order chi connectivity index (χ1) is 10.3. The number of nitrogens with zero attached hydrogens (tertiary/aromatic N) is 4. The summed E-state index contributed by atoms with van der Waals surface area (Å²) in [4.78, 5) is 7.16. The second kappa shape index (κ2) is 5.27. The van der Waals surface area contributed by atoms with Crippen LogP contribution >= 0.6 is 0 Å². The second-order valence-corrected chi connectivity index (χ2v) is 5.93. The number of hydrogen-bond acceptors (Lipinski definition) is 5. The summed E-state index contributed by atoms with van der Waals surface area (Å²) in [6.07, 6.45) is 5.29. The summed E-state index contributed by atoms with van der Waals surface area (Å²) in [6.45, 7) is 3.76. The van der Waals surface area contributed by atoms with Crippen molar-refractivity contribution in [3.63, 3.8) is 0 Å². The standard InChI is InChI=1S/C15H21N5O/c21-11-4-9-19(10-5-11)15-12-1-6-16-7-2-13(12)18-14-3-8-17-20(14)15/h3,8,11,16,21H,1-2,4-7,9-10H2. The van der Waals surface area contributed by atoms with Gasteiger partial charge in [0.15, 0.2) is 5.65 Å². The molecule has 6 nitrogen and oxygen atoms in total. The quantitative estimate of drug-likeness (QED) is 0.794. The fraction of sp³-hybridized carbons (Fsp3) is 0.600. The van der Waals surface area contributed by atoms with Gasteiger partial charge in [-0.05, 0) is 25.8 Å². The van der Waals surface area contributed by atoms with Gasteiger partial charge in [-0.25, -0.2) is 4.98 Å². The van der Waals surface area contributed by atoms with Crippen LogP contribution < -0.4 is 10.2 Å². The lowest BCUT2D eigenvalue weighted by atomic mass is 10.0. The van der Waals surface area contributed by atoms with Crippen molar-refractivity contribution in [1.29, 1.82) is 0 Å². The molecule has 0 spiro atoms. The van der Waals surface area contributed by atoms with E-state index in [1.807, 2.05) is 16.8 Å². The molecule has 0 atom stereocenters. The highest BCUT2D eigenvalue weighted by molar-refractivity contribution is 5.57. The first kappa shape index (κ1) is 13.0. The number of aliphatic hydroxyl groups is 1. The maximum Gasteiger partial charge on any atom is 0.157 e. The first-order valence-electron chi connectivity index (χ1n) is 7.82. The number of aliphatic hydroxyl groups excluding tert-OH is 1. The molecule has 6 heteroatoms. The molecule has 0 aromatic carbocycles. The Hall–Kier alpha value is -1.66. The fourth-order valence-corrected chi connectivity index (χ4v) is 3.42. The topological polar surface area (TPSA) is 65.7 Å². The zero-order valence-corrected chi connectivity index (χ0v) is 12.1. The molecule has 112 valence electrons. The Bertz CT molecular complexity index is 645. The molecule has 0 aliphatic carbocycles. The lowest BCUT2D eigenvalue weighted by molar-refractivity contribution is 0.145. The molecule has 0 radical (unpaired) electrons. The van der Waals surface area contributed by atoms with Crippen molar-refractivity contribution < 1.29 is 5.11 Å². The number of aromatic nitrogens is 3. The Morgan fingerprint density at radius 3 is 2.86 bits per heavy atom. The van der Waals surface area contributed by atoms with Gasteiger partial charge in [0.1, 0.15) is 5.82 Å². The molecule has 2 aliphatic rings. The molecule has 0 bridgehead atoms. The maximum atomic E-state index is 9.76. The molecule has 4 rings (SSSR count). The van der Waals surface area contributed by atoms with Crippen molar-refractivity contribution in [1.82, 2.24) is 19.9 Å². The van der Waals surface area contributed by atoms with Gasteiger partial charge < -0.3 is 15.3 Å². The molecular weight excluding hydrogens is 266 g/mol. The highest BCUT2D eigenvalue weighted by atomic mass is 16.3. The van der Waals surface area contributed by atoms with Gasteiger partial charge in [0, 0.05) is 37.7 Å². The predicted molar refractivity (Wildman–Crippen MR) is 80.7 cm³/mol. The van der Waals surface area contributed by atoms with E-state index >= 15 is 0 Å². The third-order valence-corrected chi connectivity index (χ3v) is 4.55. The first-order valence-corrected chi connectivity index (χ1v) is 7.82. The Morgan fingerprint density at radius 1 is 1.19 bits per heavy atom. The normalized spacial score (nSPS) is 20.5. The minimum atomic E-state index is -0.156. The van der Waals surface area contributed by atoms with Gasteiger partial charge in [-0.1, -0.05) is 0 Å². The van der Waals surface area contributed by atoms with E-state index in [0.717, 1.165) is 57.5 Å². The molecule has 21 heavy (non-hydrogen) atoms. The Labute approximate surface area is 123 Å². The third-order valence-electron chi connectivity index (χ3n) is 4.55. The van der Waals surface area contributed by atoms with Crippen LogP contribution in [-0.2, 0) is 12.8 Å². The van der Waals surface area contributed by atoms with Gasteiger partial charge in [-0.3, -0.25) is 0 Å². The average molecular weight is 287 g/mol. The number of fused-ring (bicyclic) bond motifs is 2. The van der Waals surface area contributed by atoms with Gasteiger partial charge >= 0.3 is 0 Å². The largest absolute Gasteiger partial charge is 0.393 e. The van der Waals surface area contributed by atoms with Crippen LogP contribution in [0.4, 0.5) is 5.82 Å². The monoisotopic (exact) mass is 287 g/mol. The number of nitrogens with one attached hydrogen (secondary N) is 1. The van der Waals surface area contributed by atoms with Crippen LogP contribution in [0, 0.1) is 0 Å². The van der Waals surface area contributed by atoms with Crippen LogP contribution in [0.2, 0.25) is 0 Å². The van der Waals surface area contributed by atoms with E-state index in [1.165, 1.54) is 17.1 Å². The molecule has 2 aromatic rings. The zero-order valence-electron chi connectivity index (χ0n) is 12.1. The fourth-order valence-electron chi connectivity index (χ4n) is 3.42. The van der Waals surface area contributed by atoms with E-state index < -0.39 is 0 Å². The average Bonchev–Trinajstić information content (AvgIpc) is 2.83. The number of rotatable bonds is 1. The van der Waals surface area contributed by atoms with Crippen molar-refractivity contribution >= 4 is 11.5 Å². The SMILES string of the molecule is OC1CCN(c2c3c(nc4ccnn24)CCNCC3)CC1. The van der Waals surface area contributed by atoms with E-state index in [-0.39, 0.29) is 6.10 Å². The smallest absolute Gasteiger partial charge is 0.157 e. The highest BCUT2D eigenvalue weighted by Gasteiger charge is 2.25. The zero-order chi connectivity index (χ0) is 14.2. The Balaban J connectivity index is 1.84. The molecule has 1 saturated heterocycles. The molecule has 2 aromatic heterocycles. The van der Waals surface area contributed by atoms with Gasteiger partial charge in [-0.2, -0.15) is 9.61 Å². The van der Waals surface area contributed by atoms with Crippen molar-refractivity contribution in [2.75, 3.05) is 31.1 Å². The van der Waals surface area contributed by atoms with E-state index in [1.54, 1.807) is 0 Å². The summed E-state index contributed by atoms with van der Waals surface area (Å²) < 4.78 is 1.97. The molecular formula is C15H21N5O. The van der Waals surface area contributed by atoms with Gasteiger partial charge in [0.25, 0.3) is 0 Å². The molecule has 0 unspecified atom stereocenters. The minimum Gasteiger partial charge on any atom is -0.393 e. The molecule has 2 N–H and O–H groups in total. The van der Waals surface area contributed by atoms with Gasteiger partial charge in [-0.15, -0.1) is 0 Å². The van der Waals surface area contributed by atoms with Crippen LogP contribution in [-0.4, -0.2) is 52.0 Å².